The molecular formula is C14H17BrO3S. The molecule has 0 aromatic heterocycles. The van der Waals surface area contributed by atoms with Crippen LogP contribution in [-0.4, -0.2) is 25.8 Å². The van der Waals surface area contributed by atoms with Crippen LogP contribution in [-0.2, 0) is 9.84 Å². The second-order valence-corrected chi connectivity index (χ2v) is 6.90. The van der Waals surface area contributed by atoms with Gasteiger partial charge in [0.05, 0.1) is 4.90 Å². The monoisotopic (exact) mass is 344 g/mol. The van der Waals surface area contributed by atoms with Gasteiger partial charge in [-0.2, -0.15) is 0 Å². The van der Waals surface area contributed by atoms with Crippen LogP contribution >= 0.6 is 15.9 Å². The molecule has 1 rings (SSSR count). The molecule has 0 bridgehead atoms. The van der Waals surface area contributed by atoms with Gasteiger partial charge in [-0.05, 0) is 25.0 Å². The molecule has 0 spiro atoms. The van der Waals surface area contributed by atoms with Crippen LogP contribution in [0.5, 0.6) is 0 Å². The lowest BCUT2D eigenvalue weighted by Crippen LogP contribution is -2.01. The highest BCUT2D eigenvalue weighted by atomic mass is 79.9. The van der Waals surface area contributed by atoms with E-state index >= 15 is 0 Å². The SMILES string of the molecule is CS(=O)(=O)c1ccc(C(=O)CCC/C=C\CBr)cc1. The van der Waals surface area contributed by atoms with Crippen molar-refractivity contribution in [3.63, 3.8) is 0 Å². The molecule has 0 heterocycles. The molecule has 104 valence electrons. The Morgan fingerprint density at radius 1 is 1.21 bits per heavy atom. The van der Waals surface area contributed by atoms with Crippen molar-refractivity contribution in [1.82, 2.24) is 0 Å². The van der Waals surface area contributed by atoms with Gasteiger partial charge in [-0.1, -0.05) is 40.2 Å². The van der Waals surface area contributed by atoms with Crippen molar-refractivity contribution >= 4 is 31.6 Å². The van der Waals surface area contributed by atoms with E-state index in [1.54, 1.807) is 12.1 Å². The van der Waals surface area contributed by atoms with Gasteiger partial charge in [0.25, 0.3) is 0 Å². The van der Waals surface area contributed by atoms with Crippen LogP contribution in [0.25, 0.3) is 0 Å². The predicted molar refractivity (Wildman–Crippen MR) is 80.7 cm³/mol. The van der Waals surface area contributed by atoms with Gasteiger partial charge in [-0.25, -0.2) is 8.42 Å². The molecule has 1 aromatic carbocycles. The zero-order valence-electron chi connectivity index (χ0n) is 10.8. The molecule has 0 radical (unpaired) electrons. The number of benzene rings is 1. The number of allylic oxidation sites excluding steroid dienone is 2. The summed E-state index contributed by atoms with van der Waals surface area (Å²) in [6.07, 6.45) is 7.35. The van der Waals surface area contributed by atoms with Crippen LogP contribution in [0, 0.1) is 0 Å². The van der Waals surface area contributed by atoms with Crippen LogP contribution in [0.3, 0.4) is 0 Å². The number of alkyl halides is 1. The summed E-state index contributed by atoms with van der Waals surface area (Å²) in [7, 11) is -3.20. The second-order valence-electron chi connectivity index (χ2n) is 4.24. The van der Waals surface area contributed by atoms with Crippen LogP contribution in [0.15, 0.2) is 41.3 Å². The van der Waals surface area contributed by atoms with Crippen molar-refractivity contribution in [2.45, 2.75) is 24.2 Å². The summed E-state index contributed by atoms with van der Waals surface area (Å²) in [5, 5.41) is 0.827. The molecule has 0 aliphatic rings. The molecule has 0 aliphatic heterocycles. The fourth-order valence-electron chi connectivity index (χ4n) is 1.59. The molecule has 3 nitrogen and oxygen atoms in total. The molecule has 19 heavy (non-hydrogen) atoms. The highest BCUT2D eigenvalue weighted by molar-refractivity contribution is 9.09. The Morgan fingerprint density at radius 2 is 1.84 bits per heavy atom. The number of ketones is 1. The molecule has 0 fully saturated rings. The van der Waals surface area contributed by atoms with Gasteiger partial charge in [0.15, 0.2) is 15.6 Å². The Bertz CT molecular complexity index is 545. The summed E-state index contributed by atoms with van der Waals surface area (Å²) < 4.78 is 22.6. The first kappa shape index (κ1) is 16.1. The van der Waals surface area contributed by atoms with Gasteiger partial charge < -0.3 is 0 Å². The van der Waals surface area contributed by atoms with Crippen LogP contribution < -0.4 is 0 Å². The standard InChI is InChI=1S/C14H17BrO3S/c1-19(17,18)13-9-7-12(8-10-13)14(16)6-4-2-3-5-11-15/h3,5,7-10H,2,4,6,11H2,1H3/b5-3-. The third kappa shape index (κ3) is 5.70. The number of Topliss-reactive ketones (excluding diaryl/α,β-unsaturated/α-hetero) is 1. The number of hydrogen-bond donors (Lipinski definition) is 0. The molecular weight excluding hydrogens is 328 g/mol. The zero-order chi connectivity index (χ0) is 14.3. The summed E-state index contributed by atoms with van der Waals surface area (Å²) in [4.78, 5) is 12.1. The molecule has 0 aliphatic carbocycles. The first-order valence-corrected chi connectivity index (χ1v) is 9.00. The van der Waals surface area contributed by atoms with Gasteiger partial charge in [0.1, 0.15) is 0 Å². The van der Waals surface area contributed by atoms with E-state index in [1.807, 2.05) is 12.2 Å². The van der Waals surface area contributed by atoms with E-state index in [9.17, 15) is 13.2 Å². The Morgan fingerprint density at radius 3 is 2.37 bits per heavy atom. The number of rotatable bonds is 7. The molecule has 0 saturated heterocycles. The third-order valence-corrected chi connectivity index (χ3v) is 4.14. The number of unbranched alkanes of at least 4 members (excludes halogenated alkanes) is 1. The maximum atomic E-state index is 11.9. The minimum atomic E-state index is -3.20. The summed E-state index contributed by atoms with van der Waals surface area (Å²) in [5.41, 5.74) is 0.567. The van der Waals surface area contributed by atoms with E-state index in [0.717, 1.165) is 24.4 Å². The number of hydrogen-bond acceptors (Lipinski definition) is 3. The molecule has 1 aromatic rings. The predicted octanol–water partition coefficient (Wildman–Crippen LogP) is 3.39. The molecule has 0 atom stereocenters. The zero-order valence-corrected chi connectivity index (χ0v) is 13.2. The summed E-state index contributed by atoms with van der Waals surface area (Å²) >= 11 is 3.29. The lowest BCUT2D eigenvalue weighted by molar-refractivity contribution is 0.0980. The lowest BCUT2D eigenvalue weighted by Gasteiger charge is -2.02. The van der Waals surface area contributed by atoms with Gasteiger partial charge >= 0.3 is 0 Å². The van der Waals surface area contributed by atoms with Crippen LogP contribution in [0.1, 0.15) is 29.6 Å². The van der Waals surface area contributed by atoms with Crippen LogP contribution in [0.4, 0.5) is 0 Å². The average molecular weight is 345 g/mol. The molecule has 0 amide bonds. The van der Waals surface area contributed by atoms with Crippen molar-refractivity contribution in [3.05, 3.63) is 42.0 Å². The Hall–Kier alpha value is -0.940. The van der Waals surface area contributed by atoms with E-state index in [1.165, 1.54) is 12.1 Å². The minimum absolute atomic E-state index is 0.0484. The van der Waals surface area contributed by atoms with Gasteiger partial charge in [0.2, 0.25) is 0 Å². The van der Waals surface area contributed by atoms with Gasteiger partial charge in [-0.15, -0.1) is 0 Å². The number of carbonyl (C=O) groups excluding carboxylic acids is 1. The highest BCUT2D eigenvalue weighted by Crippen LogP contribution is 2.13. The van der Waals surface area contributed by atoms with Crippen molar-refractivity contribution in [2.75, 3.05) is 11.6 Å². The van der Waals surface area contributed by atoms with E-state index in [2.05, 4.69) is 15.9 Å². The van der Waals surface area contributed by atoms with Crippen molar-refractivity contribution in [2.24, 2.45) is 0 Å². The van der Waals surface area contributed by atoms with E-state index < -0.39 is 9.84 Å². The first-order chi connectivity index (χ1) is 8.95. The number of sulfone groups is 1. The van der Waals surface area contributed by atoms with Crippen molar-refractivity contribution in [1.29, 1.82) is 0 Å². The Labute approximate surface area is 122 Å². The van der Waals surface area contributed by atoms with Gasteiger partial charge in [0, 0.05) is 23.6 Å². The maximum Gasteiger partial charge on any atom is 0.175 e. The third-order valence-electron chi connectivity index (χ3n) is 2.63. The van der Waals surface area contributed by atoms with Crippen molar-refractivity contribution < 1.29 is 13.2 Å². The Kier molecular flexibility index (Phi) is 6.45. The largest absolute Gasteiger partial charge is 0.294 e. The normalized spacial score (nSPS) is 11.9. The Balaban J connectivity index is 2.56. The van der Waals surface area contributed by atoms with Gasteiger partial charge in [-0.3, -0.25) is 4.79 Å². The number of carbonyl (C=O) groups is 1. The van der Waals surface area contributed by atoms with E-state index in [0.29, 0.717) is 12.0 Å². The van der Waals surface area contributed by atoms with Crippen LogP contribution in [0.2, 0.25) is 0 Å². The maximum absolute atomic E-state index is 11.9. The van der Waals surface area contributed by atoms with Crippen molar-refractivity contribution in [3.8, 4) is 0 Å². The first-order valence-electron chi connectivity index (χ1n) is 5.99. The molecule has 5 heteroatoms. The summed E-state index contributed by atoms with van der Waals surface area (Å²) in [5.74, 6) is 0.0484. The fraction of sp³-hybridized carbons (Fsp3) is 0.357. The smallest absolute Gasteiger partial charge is 0.175 e. The quantitative estimate of drug-likeness (QED) is 0.329. The average Bonchev–Trinajstić information content (AvgIpc) is 2.37. The second kappa shape index (κ2) is 7.60. The fourth-order valence-corrected chi connectivity index (χ4v) is 2.49. The summed E-state index contributed by atoms with van der Waals surface area (Å²) in [6, 6.07) is 6.11. The number of halogens is 1. The molecule has 0 unspecified atom stereocenters. The highest BCUT2D eigenvalue weighted by Gasteiger charge is 2.09. The lowest BCUT2D eigenvalue weighted by atomic mass is 10.1. The topological polar surface area (TPSA) is 51.2 Å². The minimum Gasteiger partial charge on any atom is -0.294 e. The summed E-state index contributed by atoms with van der Waals surface area (Å²) in [6.45, 7) is 0. The molecule has 0 saturated carbocycles. The van der Waals surface area contributed by atoms with E-state index in [-0.39, 0.29) is 10.7 Å². The molecule has 0 N–H and O–H groups in total. The van der Waals surface area contributed by atoms with E-state index in [4.69, 9.17) is 0 Å².